The van der Waals surface area contributed by atoms with Gasteiger partial charge in [-0.15, -0.1) is 0 Å². The van der Waals surface area contributed by atoms with Gasteiger partial charge < -0.3 is 51.1 Å². The highest BCUT2D eigenvalue weighted by Crippen LogP contribution is 2.46. The number of phenolic OH excluding ortho intramolecular Hbond substituents is 9. The third-order valence-electron chi connectivity index (χ3n) is 4.75. The summed E-state index contributed by atoms with van der Waals surface area (Å²) in [6.07, 6.45) is 0. The van der Waals surface area contributed by atoms with Gasteiger partial charge >= 0.3 is 5.97 Å². The first-order chi connectivity index (χ1) is 15.8. The molecule has 0 atom stereocenters. The molecule has 13 nitrogen and oxygen atoms in total. The number of phenols is 9. The zero-order valence-electron chi connectivity index (χ0n) is 16.5. The Balaban J connectivity index is 2.37. The van der Waals surface area contributed by atoms with Gasteiger partial charge in [-0.1, -0.05) is 0 Å². The summed E-state index contributed by atoms with van der Waals surface area (Å²) < 4.78 is 0. The molecule has 34 heavy (non-hydrogen) atoms. The molecule has 0 radical (unpaired) electrons. The van der Waals surface area contributed by atoms with E-state index >= 15 is 0 Å². The Labute approximate surface area is 187 Å². The molecule has 0 amide bonds. The highest BCUT2D eigenvalue weighted by atomic mass is 16.4. The van der Waals surface area contributed by atoms with Crippen molar-refractivity contribution >= 4 is 17.5 Å². The van der Waals surface area contributed by atoms with Crippen molar-refractivity contribution in [1.29, 1.82) is 0 Å². The molecule has 0 aliphatic rings. The van der Waals surface area contributed by atoms with Gasteiger partial charge in [-0.05, 0) is 24.3 Å². The van der Waals surface area contributed by atoms with Crippen LogP contribution in [0.4, 0.5) is 0 Å². The maximum atomic E-state index is 13.0. The second-order valence-corrected chi connectivity index (χ2v) is 6.86. The second kappa shape index (κ2) is 7.98. The molecule has 176 valence electrons. The van der Waals surface area contributed by atoms with Crippen LogP contribution < -0.4 is 0 Å². The summed E-state index contributed by atoms with van der Waals surface area (Å²) in [7, 11) is 0. The lowest BCUT2D eigenvalue weighted by molar-refractivity contribution is 0.0687. The van der Waals surface area contributed by atoms with Gasteiger partial charge in [0.1, 0.15) is 0 Å². The van der Waals surface area contributed by atoms with Crippen molar-refractivity contribution in [3.8, 4) is 51.7 Å². The van der Waals surface area contributed by atoms with E-state index in [4.69, 9.17) is 0 Å². The Hall–Kier alpha value is -5.33. The summed E-state index contributed by atoms with van der Waals surface area (Å²) >= 11 is 0. The molecular formula is C21H14O13. The Morgan fingerprint density at radius 2 is 0.735 bits per heavy atom. The Morgan fingerprint density at radius 1 is 0.441 bits per heavy atom. The minimum Gasteiger partial charge on any atom is -0.504 e. The van der Waals surface area contributed by atoms with E-state index < -0.39 is 97.1 Å². The predicted molar refractivity (Wildman–Crippen MR) is 108 cm³/mol. The van der Waals surface area contributed by atoms with Gasteiger partial charge in [-0.25, -0.2) is 4.79 Å². The third kappa shape index (κ3) is 3.52. The van der Waals surface area contributed by atoms with Crippen LogP contribution in [0.3, 0.4) is 0 Å². The zero-order valence-corrected chi connectivity index (χ0v) is 16.5. The fraction of sp³-hybridized carbons (Fsp3) is 0. The number of aromatic hydroxyl groups is 9. The van der Waals surface area contributed by atoms with Crippen molar-refractivity contribution < 1.29 is 65.4 Å². The average Bonchev–Trinajstić information content (AvgIpc) is 2.77. The van der Waals surface area contributed by atoms with Crippen LogP contribution in [0.15, 0.2) is 24.3 Å². The first kappa shape index (κ1) is 23.3. The first-order valence-electron chi connectivity index (χ1n) is 8.91. The van der Waals surface area contributed by atoms with E-state index in [-0.39, 0.29) is 0 Å². The molecule has 0 fully saturated rings. The largest absolute Gasteiger partial charge is 0.504 e. The van der Waals surface area contributed by atoms with Crippen molar-refractivity contribution in [3.05, 3.63) is 52.1 Å². The maximum absolute atomic E-state index is 13.0. The molecule has 3 aromatic rings. The number of carboxylic acids is 1. The van der Waals surface area contributed by atoms with Crippen molar-refractivity contribution in [2.45, 2.75) is 0 Å². The van der Waals surface area contributed by atoms with Gasteiger partial charge in [0.25, 0.3) is 0 Å². The lowest BCUT2D eigenvalue weighted by Gasteiger charge is -2.16. The van der Waals surface area contributed by atoms with Gasteiger partial charge in [-0.3, -0.25) is 9.59 Å². The summed E-state index contributed by atoms with van der Waals surface area (Å²) in [5.41, 5.74) is -5.23. The van der Waals surface area contributed by atoms with E-state index in [2.05, 4.69) is 0 Å². The van der Waals surface area contributed by atoms with Crippen LogP contribution in [-0.4, -0.2) is 68.6 Å². The van der Waals surface area contributed by atoms with E-state index in [0.717, 1.165) is 0 Å². The van der Waals surface area contributed by atoms with E-state index in [1.807, 2.05) is 0 Å². The monoisotopic (exact) mass is 474 g/mol. The molecule has 0 heterocycles. The molecule has 3 rings (SSSR count). The van der Waals surface area contributed by atoms with E-state index in [9.17, 15) is 65.4 Å². The SMILES string of the molecule is O=C(c1cc(O)c(O)c(O)c1)c1c(O)c(O)c(O)c(C(=O)c2cc(O)c(O)c(O)c2)c1C(=O)O. The summed E-state index contributed by atoms with van der Waals surface area (Å²) in [6, 6.07) is 2.35. The molecule has 0 unspecified atom stereocenters. The minimum atomic E-state index is -2.06. The van der Waals surface area contributed by atoms with Crippen molar-refractivity contribution in [1.82, 2.24) is 0 Å². The van der Waals surface area contributed by atoms with Crippen LogP contribution in [0, 0.1) is 0 Å². The van der Waals surface area contributed by atoms with Crippen LogP contribution in [0.5, 0.6) is 51.7 Å². The first-order valence-corrected chi connectivity index (χ1v) is 8.91. The highest BCUT2D eigenvalue weighted by Gasteiger charge is 2.35. The molecule has 3 aromatic carbocycles. The summed E-state index contributed by atoms with van der Waals surface area (Å²) in [5, 5.41) is 97.7. The molecule has 0 aromatic heterocycles. The Kier molecular flexibility index (Phi) is 5.48. The van der Waals surface area contributed by atoms with Crippen LogP contribution >= 0.6 is 0 Å². The van der Waals surface area contributed by atoms with Crippen LogP contribution in [0.2, 0.25) is 0 Å². The van der Waals surface area contributed by atoms with Crippen LogP contribution in [0.1, 0.15) is 42.2 Å². The van der Waals surface area contributed by atoms with Crippen molar-refractivity contribution in [2.24, 2.45) is 0 Å². The van der Waals surface area contributed by atoms with Crippen LogP contribution in [0.25, 0.3) is 0 Å². The number of carbonyl (C=O) groups is 3. The molecule has 0 saturated carbocycles. The zero-order chi connectivity index (χ0) is 25.6. The van der Waals surface area contributed by atoms with Gasteiger partial charge in [-0.2, -0.15) is 0 Å². The van der Waals surface area contributed by atoms with Gasteiger partial charge in [0.05, 0.1) is 16.7 Å². The van der Waals surface area contributed by atoms with E-state index in [1.54, 1.807) is 0 Å². The van der Waals surface area contributed by atoms with Crippen molar-refractivity contribution in [3.63, 3.8) is 0 Å². The fourth-order valence-electron chi connectivity index (χ4n) is 3.13. The number of carbonyl (C=O) groups excluding carboxylic acids is 2. The number of rotatable bonds is 5. The number of carboxylic acid groups (broad SMARTS) is 1. The molecule has 0 aliphatic carbocycles. The van der Waals surface area contributed by atoms with Gasteiger partial charge in [0.15, 0.2) is 57.6 Å². The van der Waals surface area contributed by atoms with Gasteiger partial charge in [0, 0.05) is 11.1 Å². The smallest absolute Gasteiger partial charge is 0.337 e. The lowest BCUT2D eigenvalue weighted by atomic mass is 9.88. The molecule has 0 spiro atoms. The molecule has 0 bridgehead atoms. The maximum Gasteiger partial charge on any atom is 0.337 e. The number of benzene rings is 3. The Bertz CT molecular complexity index is 1260. The molecule has 0 aliphatic heterocycles. The second-order valence-electron chi connectivity index (χ2n) is 6.86. The number of hydrogen-bond acceptors (Lipinski definition) is 12. The van der Waals surface area contributed by atoms with E-state index in [1.165, 1.54) is 0 Å². The highest BCUT2D eigenvalue weighted by molar-refractivity contribution is 6.24. The summed E-state index contributed by atoms with van der Waals surface area (Å²) in [4.78, 5) is 38.0. The predicted octanol–water partition coefficient (Wildman–Crippen LogP) is 1.20. The third-order valence-corrected chi connectivity index (χ3v) is 4.75. The topological polar surface area (TPSA) is 254 Å². The standard InChI is InChI=1S/C21H14O13/c22-7-1-5(2-8(23)16(7)28)14(26)12-11(21(33)34)13(19(31)20(32)18(12)30)15(27)6-3-9(24)17(29)10(25)4-6/h1-4,22-25,28-32H,(H,33,34). The summed E-state index contributed by atoms with van der Waals surface area (Å²) in [5.74, 6) is -15.5. The molecular weight excluding hydrogens is 460 g/mol. The van der Waals surface area contributed by atoms with Crippen LogP contribution in [-0.2, 0) is 0 Å². The lowest BCUT2D eigenvalue weighted by Crippen LogP contribution is -2.17. The quantitative estimate of drug-likeness (QED) is 0.184. The van der Waals surface area contributed by atoms with Gasteiger partial charge in [0.2, 0.25) is 5.75 Å². The van der Waals surface area contributed by atoms with Crippen molar-refractivity contribution in [2.75, 3.05) is 0 Å². The van der Waals surface area contributed by atoms with E-state index in [0.29, 0.717) is 24.3 Å². The normalized spacial score (nSPS) is 10.7. The average molecular weight is 474 g/mol. The number of aromatic carboxylic acids is 1. The molecule has 0 saturated heterocycles. The summed E-state index contributed by atoms with van der Waals surface area (Å²) in [6.45, 7) is 0. The number of hydrogen-bond donors (Lipinski definition) is 10. The number of ketones is 2. The molecule has 10 N–H and O–H groups in total. The molecule has 13 heteroatoms. The minimum absolute atomic E-state index is 0.587. The fourth-order valence-corrected chi connectivity index (χ4v) is 3.13. The Morgan fingerprint density at radius 3 is 1.00 bits per heavy atom.